The number of carbonyl (C=O) groups excluding carboxylic acids is 1. The number of carbonyl (C=O) groups is 1. The Bertz CT molecular complexity index is 665. The van der Waals surface area contributed by atoms with Crippen molar-refractivity contribution >= 4 is 41.5 Å². The summed E-state index contributed by atoms with van der Waals surface area (Å²) in [5.74, 6) is 0.851. The normalized spacial score (nSPS) is 15.6. The van der Waals surface area contributed by atoms with Crippen LogP contribution < -0.4 is 16.0 Å². The highest BCUT2D eigenvalue weighted by molar-refractivity contribution is 14.0. The minimum atomic E-state index is 0. The zero-order valence-electron chi connectivity index (χ0n) is 19.3. The quantitative estimate of drug-likeness (QED) is 0.172. The van der Waals surface area contributed by atoms with Gasteiger partial charge in [-0.1, -0.05) is 38.3 Å². The van der Waals surface area contributed by atoms with Gasteiger partial charge in [0.2, 0.25) is 5.91 Å². The lowest BCUT2D eigenvalue weighted by atomic mass is 10.1. The number of nitrogens with one attached hydrogen (secondary N) is 3. The number of anilines is 1. The van der Waals surface area contributed by atoms with Crippen molar-refractivity contribution in [2.45, 2.75) is 58.5 Å². The third-order valence-electron chi connectivity index (χ3n) is 5.28. The second-order valence-electron chi connectivity index (χ2n) is 7.92. The fraction of sp³-hybridized carbons (Fsp3) is 0.652. The van der Waals surface area contributed by atoms with Crippen molar-refractivity contribution in [2.24, 2.45) is 4.99 Å². The molecule has 0 spiro atoms. The predicted octanol–water partition coefficient (Wildman–Crippen LogP) is 3.60. The van der Waals surface area contributed by atoms with Gasteiger partial charge in [-0.3, -0.25) is 14.7 Å². The maximum Gasteiger partial charge on any atom is 0.225 e. The summed E-state index contributed by atoms with van der Waals surface area (Å²) in [6.07, 6.45) is 5.37. The van der Waals surface area contributed by atoms with Crippen molar-refractivity contribution in [1.82, 2.24) is 15.5 Å². The van der Waals surface area contributed by atoms with E-state index in [2.05, 4.69) is 39.7 Å². The Kier molecular flexibility index (Phi) is 14.5. The molecule has 0 saturated carbocycles. The van der Waals surface area contributed by atoms with Crippen LogP contribution in [0, 0.1) is 0 Å². The minimum absolute atomic E-state index is 0. The third kappa shape index (κ3) is 11.7. The summed E-state index contributed by atoms with van der Waals surface area (Å²) >= 11 is 0. The summed E-state index contributed by atoms with van der Waals surface area (Å²) < 4.78 is 5.35. The van der Waals surface area contributed by atoms with Gasteiger partial charge in [0.1, 0.15) is 0 Å². The lowest BCUT2D eigenvalue weighted by Crippen LogP contribution is -2.41. The summed E-state index contributed by atoms with van der Waals surface area (Å²) in [5, 5.41) is 9.82. The van der Waals surface area contributed by atoms with Crippen molar-refractivity contribution < 1.29 is 9.53 Å². The number of amides is 1. The van der Waals surface area contributed by atoms with Crippen molar-refractivity contribution in [3.05, 3.63) is 29.8 Å². The predicted molar refractivity (Wildman–Crippen MR) is 139 cm³/mol. The zero-order chi connectivity index (χ0) is 21.6. The molecule has 0 aromatic heterocycles. The highest BCUT2D eigenvalue weighted by Crippen LogP contribution is 2.11. The van der Waals surface area contributed by atoms with Crippen molar-refractivity contribution in [2.75, 3.05) is 45.2 Å². The number of guanidine groups is 1. The van der Waals surface area contributed by atoms with E-state index in [-0.39, 0.29) is 29.9 Å². The first-order valence-corrected chi connectivity index (χ1v) is 11.3. The molecule has 1 heterocycles. The Labute approximate surface area is 204 Å². The molecular weight excluding hydrogens is 505 g/mol. The summed E-state index contributed by atoms with van der Waals surface area (Å²) in [7, 11) is 1.79. The van der Waals surface area contributed by atoms with Crippen LogP contribution in [0.25, 0.3) is 0 Å². The van der Waals surface area contributed by atoms with Crippen LogP contribution in [0.2, 0.25) is 0 Å². The number of morpholine rings is 1. The fourth-order valence-electron chi connectivity index (χ4n) is 3.45. The Morgan fingerprint density at radius 3 is 2.74 bits per heavy atom. The first-order chi connectivity index (χ1) is 14.6. The molecular formula is C23H40IN5O2. The van der Waals surface area contributed by atoms with Gasteiger partial charge in [-0.15, -0.1) is 24.0 Å². The molecule has 0 aliphatic carbocycles. The highest BCUT2D eigenvalue weighted by atomic mass is 127. The molecule has 2 rings (SSSR count). The molecule has 1 aromatic rings. The van der Waals surface area contributed by atoms with Crippen LogP contribution in [0.5, 0.6) is 0 Å². The molecule has 1 aromatic carbocycles. The average molecular weight is 546 g/mol. The van der Waals surface area contributed by atoms with Crippen molar-refractivity contribution in [3.8, 4) is 0 Å². The van der Waals surface area contributed by atoms with E-state index in [0.29, 0.717) is 19.0 Å². The van der Waals surface area contributed by atoms with Gasteiger partial charge in [0, 0.05) is 51.4 Å². The van der Waals surface area contributed by atoms with E-state index in [4.69, 9.17) is 4.74 Å². The summed E-state index contributed by atoms with van der Waals surface area (Å²) in [4.78, 5) is 18.9. The number of aliphatic imine (C=N–C) groups is 1. The molecule has 7 nitrogen and oxygen atoms in total. The van der Waals surface area contributed by atoms with Crippen LogP contribution >= 0.6 is 24.0 Å². The zero-order valence-corrected chi connectivity index (χ0v) is 21.6. The molecule has 31 heavy (non-hydrogen) atoms. The Balaban J connectivity index is 0.00000480. The van der Waals surface area contributed by atoms with Gasteiger partial charge in [-0.05, 0) is 31.0 Å². The second-order valence-corrected chi connectivity index (χ2v) is 7.92. The maximum atomic E-state index is 12.3. The van der Waals surface area contributed by atoms with E-state index in [1.165, 1.54) is 19.3 Å². The number of hydrogen-bond donors (Lipinski definition) is 3. The van der Waals surface area contributed by atoms with Crippen LogP contribution in [-0.2, 0) is 16.1 Å². The average Bonchev–Trinajstić information content (AvgIpc) is 2.76. The molecule has 176 valence electrons. The largest absolute Gasteiger partial charge is 0.379 e. The van der Waals surface area contributed by atoms with E-state index < -0.39 is 0 Å². The van der Waals surface area contributed by atoms with E-state index in [0.717, 1.165) is 56.5 Å². The van der Waals surface area contributed by atoms with Crippen molar-refractivity contribution in [3.63, 3.8) is 0 Å². The smallest absolute Gasteiger partial charge is 0.225 e. The number of halogens is 1. The topological polar surface area (TPSA) is 78.0 Å². The molecule has 1 aliphatic heterocycles. The summed E-state index contributed by atoms with van der Waals surface area (Å²) in [5.41, 5.74) is 1.93. The molecule has 1 saturated heterocycles. The third-order valence-corrected chi connectivity index (χ3v) is 5.28. The number of ether oxygens (including phenoxy) is 1. The van der Waals surface area contributed by atoms with Crippen LogP contribution in [0.3, 0.4) is 0 Å². The molecule has 1 fully saturated rings. The van der Waals surface area contributed by atoms with E-state index in [9.17, 15) is 4.79 Å². The molecule has 1 unspecified atom stereocenters. The first-order valence-electron chi connectivity index (χ1n) is 11.3. The van der Waals surface area contributed by atoms with E-state index >= 15 is 0 Å². The Hall–Kier alpha value is -1.39. The maximum absolute atomic E-state index is 12.3. The lowest BCUT2D eigenvalue weighted by Gasteiger charge is -2.26. The Morgan fingerprint density at radius 2 is 2.03 bits per heavy atom. The van der Waals surface area contributed by atoms with E-state index in [1.807, 2.05) is 24.3 Å². The van der Waals surface area contributed by atoms with Gasteiger partial charge in [-0.2, -0.15) is 0 Å². The number of rotatable bonds is 11. The standard InChI is InChI=1S/C23H39N5O2.HI/c1-4-5-6-8-19(2)26-23(24-3)25-18-20-9-7-10-21(17-20)27-22(29)11-12-28-13-15-30-16-14-28;/h7,9-10,17,19H,4-6,8,11-16,18H2,1-3H3,(H,27,29)(H2,24,25,26);1H. The SMILES string of the molecule is CCCCCC(C)NC(=NC)NCc1cccc(NC(=O)CCN2CCOCC2)c1.I. The number of hydrogen-bond acceptors (Lipinski definition) is 4. The summed E-state index contributed by atoms with van der Waals surface area (Å²) in [6, 6.07) is 8.35. The van der Waals surface area contributed by atoms with Crippen LogP contribution in [0.15, 0.2) is 29.3 Å². The van der Waals surface area contributed by atoms with Gasteiger partial charge >= 0.3 is 0 Å². The Morgan fingerprint density at radius 1 is 1.26 bits per heavy atom. The molecule has 1 amide bonds. The number of nitrogens with zero attached hydrogens (tertiary/aromatic N) is 2. The molecule has 8 heteroatoms. The van der Waals surface area contributed by atoms with Crippen LogP contribution in [0.4, 0.5) is 5.69 Å². The number of benzene rings is 1. The van der Waals surface area contributed by atoms with Gasteiger partial charge in [0.15, 0.2) is 5.96 Å². The first kappa shape index (κ1) is 27.6. The fourth-order valence-corrected chi connectivity index (χ4v) is 3.45. The van der Waals surface area contributed by atoms with E-state index in [1.54, 1.807) is 7.05 Å². The van der Waals surface area contributed by atoms with Crippen LogP contribution in [0.1, 0.15) is 51.5 Å². The minimum Gasteiger partial charge on any atom is -0.379 e. The monoisotopic (exact) mass is 545 g/mol. The molecule has 0 bridgehead atoms. The molecule has 1 aliphatic rings. The molecule has 0 radical (unpaired) electrons. The van der Waals surface area contributed by atoms with Crippen LogP contribution in [-0.4, -0.2) is 62.7 Å². The summed E-state index contributed by atoms with van der Waals surface area (Å²) in [6.45, 7) is 9.16. The lowest BCUT2D eigenvalue weighted by molar-refractivity contribution is -0.116. The van der Waals surface area contributed by atoms with Gasteiger partial charge in [-0.25, -0.2) is 0 Å². The molecule has 1 atom stereocenters. The number of unbranched alkanes of at least 4 members (excludes halogenated alkanes) is 2. The van der Waals surface area contributed by atoms with Crippen molar-refractivity contribution in [1.29, 1.82) is 0 Å². The second kappa shape index (κ2) is 16.3. The molecule has 3 N–H and O–H groups in total. The van der Waals surface area contributed by atoms with Gasteiger partial charge in [0.25, 0.3) is 0 Å². The highest BCUT2D eigenvalue weighted by Gasteiger charge is 2.12. The van der Waals surface area contributed by atoms with Gasteiger partial charge < -0.3 is 20.7 Å². The van der Waals surface area contributed by atoms with Gasteiger partial charge in [0.05, 0.1) is 13.2 Å².